The van der Waals surface area contributed by atoms with Crippen molar-refractivity contribution >= 4 is 29.3 Å². The number of urea groups is 1. The van der Waals surface area contributed by atoms with Gasteiger partial charge in [0, 0.05) is 0 Å². The number of rotatable bonds is 0. The number of hydrogen-bond donors (Lipinski definition) is 1. The molecule has 0 fully saturated rings. The Bertz CT molecular complexity index is 377. The molecule has 0 aromatic rings. The number of amidine groups is 2. The highest BCUT2D eigenvalue weighted by atomic mass is 16.2. The van der Waals surface area contributed by atoms with Crippen molar-refractivity contribution in [2.45, 2.75) is 6.92 Å². The van der Waals surface area contributed by atoms with E-state index in [1.165, 1.54) is 0 Å². The highest BCUT2D eigenvalue weighted by molar-refractivity contribution is 6.72. The van der Waals surface area contributed by atoms with Gasteiger partial charge in [0.15, 0.2) is 11.5 Å². The van der Waals surface area contributed by atoms with Crippen molar-refractivity contribution in [1.82, 2.24) is 5.32 Å². The second kappa shape index (κ2) is 2.07. The summed E-state index contributed by atoms with van der Waals surface area (Å²) in [5.74, 6) is 0.0143. The van der Waals surface area contributed by atoms with E-state index in [2.05, 4.69) is 15.0 Å². The molecule has 0 aliphatic carbocycles. The molecule has 0 unspecified atom stereocenters. The van der Waals surface area contributed by atoms with Gasteiger partial charge < -0.3 is 0 Å². The lowest BCUT2D eigenvalue weighted by Gasteiger charge is -2.05. The first kappa shape index (κ1) is 6.84. The summed E-state index contributed by atoms with van der Waals surface area (Å²) in [5, 5.41) is 2.00. The summed E-state index contributed by atoms with van der Waals surface area (Å²) in [6.07, 6.45) is 0. The molecule has 0 saturated heterocycles. The van der Waals surface area contributed by atoms with Crippen LogP contribution in [0.1, 0.15) is 6.92 Å². The van der Waals surface area contributed by atoms with Gasteiger partial charge in [-0.1, -0.05) is 0 Å². The fourth-order valence-electron chi connectivity index (χ4n) is 0.954. The number of carbonyl (C=O) groups is 2. The van der Waals surface area contributed by atoms with Crippen molar-refractivity contribution in [2.75, 3.05) is 0 Å². The van der Waals surface area contributed by atoms with Crippen molar-refractivity contribution in [1.29, 1.82) is 0 Å². The molecule has 6 nitrogen and oxygen atoms in total. The van der Waals surface area contributed by atoms with Gasteiger partial charge >= 0.3 is 6.03 Å². The minimum atomic E-state index is -0.688. The summed E-state index contributed by atoms with van der Waals surface area (Å²) in [4.78, 5) is 32.8. The van der Waals surface area contributed by atoms with Gasteiger partial charge in [0.05, 0.1) is 0 Å². The smallest absolute Gasteiger partial charge is 0.271 e. The molecule has 0 bridgehead atoms. The third-order valence-corrected chi connectivity index (χ3v) is 1.40. The molecule has 0 saturated carbocycles. The molecular formula is C6H4N4O2. The van der Waals surface area contributed by atoms with E-state index in [0.717, 1.165) is 0 Å². The Balaban J connectivity index is 2.53. The topological polar surface area (TPSA) is 83.2 Å². The van der Waals surface area contributed by atoms with E-state index in [-0.39, 0.29) is 11.5 Å². The molecule has 0 aromatic heterocycles. The first-order valence-electron chi connectivity index (χ1n) is 3.25. The fraction of sp³-hybridized carbons (Fsp3) is 0.167. The largest absolute Gasteiger partial charge is 0.350 e. The van der Waals surface area contributed by atoms with Crippen molar-refractivity contribution in [3.8, 4) is 0 Å². The number of hydrogen-bond acceptors (Lipinski definition) is 4. The molecule has 12 heavy (non-hydrogen) atoms. The van der Waals surface area contributed by atoms with Gasteiger partial charge in [-0.2, -0.15) is 4.99 Å². The van der Waals surface area contributed by atoms with Gasteiger partial charge in [-0.25, -0.2) is 14.8 Å². The standard InChI is InChI=1S/C6H4N4O2/c1-2-7-3-4(8-2)9-6(12)10-5(3)11/h1H3,(H,10,11,12). The van der Waals surface area contributed by atoms with E-state index in [1.807, 2.05) is 5.32 Å². The molecule has 2 heterocycles. The van der Waals surface area contributed by atoms with Gasteiger partial charge in [0.2, 0.25) is 0 Å². The fourth-order valence-corrected chi connectivity index (χ4v) is 0.954. The summed E-state index contributed by atoms with van der Waals surface area (Å²) in [6, 6.07) is -0.688. The first-order valence-corrected chi connectivity index (χ1v) is 3.25. The molecule has 0 atom stereocenters. The quantitative estimate of drug-likeness (QED) is 0.523. The molecule has 2 aliphatic heterocycles. The van der Waals surface area contributed by atoms with Crippen LogP contribution in [-0.4, -0.2) is 29.3 Å². The maximum atomic E-state index is 11.0. The average molecular weight is 164 g/mol. The zero-order chi connectivity index (χ0) is 8.72. The van der Waals surface area contributed by atoms with Crippen molar-refractivity contribution in [2.24, 2.45) is 15.0 Å². The average Bonchev–Trinajstić information content (AvgIpc) is 2.29. The normalized spacial score (nSPS) is 20.9. The van der Waals surface area contributed by atoms with Gasteiger partial charge in [-0.15, -0.1) is 0 Å². The second-order valence-electron chi connectivity index (χ2n) is 2.31. The van der Waals surface area contributed by atoms with Crippen LogP contribution in [0, 0.1) is 0 Å². The van der Waals surface area contributed by atoms with Crippen LogP contribution in [0.4, 0.5) is 4.79 Å². The summed E-state index contributed by atoms with van der Waals surface area (Å²) in [7, 11) is 0. The minimum absolute atomic E-state index is 0.112. The highest BCUT2D eigenvalue weighted by Gasteiger charge is 2.29. The Labute approximate surface area is 67.1 Å². The maximum absolute atomic E-state index is 11.0. The third kappa shape index (κ3) is 0.849. The molecule has 0 radical (unpaired) electrons. The molecular weight excluding hydrogens is 160 g/mol. The lowest BCUT2D eigenvalue weighted by Crippen LogP contribution is -2.41. The summed E-state index contributed by atoms with van der Waals surface area (Å²) >= 11 is 0. The lowest BCUT2D eigenvalue weighted by molar-refractivity contribution is -0.113. The first-order chi connectivity index (χ1) is 5.66. The van der Waals surface area contributed by atoms with Crippen molar-refractivity contribution in [3.63, 3.8) is 0 Å². The minimum Gasteiger partial charge on any atom is -0.271 e. The van der Waals surface area contributed by atoms with E-state index in [1.54, 1.807) is 6.92 Å². The summed E-state index contributed by atoms with van der Waals surface area (Å²) < 4.78 is 0. The molecule has 3 amide bonds. The van der Waals surface area contributed by atoms with Crippen LogP contribution in [-0.2, 0) is 4.79 Å². The van der Waals surface area contributed by atoms with Crippen LogP contribution < -0.4 is 5.32 Å². The monoisotopic (exact) mass is 164 g/mol. The Morgan fingerprint density at radius 1 is 1.17 bits per heavy atom. The van der Waals surface area contributed by atoms with Gasteiger partial charge in [-0.05, 0) is 6.92 Å². The zero-order valence-electron chi connectivity index (χ0n) is 6.16. The van der Waals surface area contributed by atoms with E-state index >= 15 is 0 Å². The Morgan fingerprint density at radius 2 is 1.92 bits per heavy atom. The summed E-state index contributed by atoms with van der Waals surface area (Å²) in [6.45, 7) is 1.63. The molecule has 1 N–H and O–H groups in total. The number of amides is 3. The van der Waals surface area contributed by atoms with Crippen LogP contribution in [0.2, 0.25) is 0 Å². The molecule has 0 spiro atoms. The van der Waals surface area contributed by atoms with Crippen LogP contribution in [0.5, 0.6) is 0 Å². The predicted octanol–water partition coefficient (Wildman–Crippen LogP) is -0.492. The Kier molecular flexibility index (Phi) is 1.18. The second-order valence-corrected chi connectivity index (χ2v) is 2.31. The molecule has 0 aromatic carbocycles. The lowest BCUT2D eigenvalue weighted by atomic mass is 10.3. The van der Waals surface area contributed by atoms with Crippen LogP contribution in [0.3, 0.4) is 0 Å². The van der Waals surface area contributed by atoms with Crippen LogP contribution in [0.15, 0.2) is 15.0 Å². The number of fused-ring (bicyclic) bond motifs is 1. The van der Waals surface area contributed by atoms with Gasteiger partial charge in [0.1, 0.15) is 5.84 Å². The maximum Gasteiger partial charge on any atom is 0.350 e. The molecule has 60 valence electrons. The third-order valence-electron chi connectivity index (χ3n) is 1.40. The Morgan fingerprint density at radius 3 is 2.67 bits per heavy atom. The number of aliphatic imine (C=N–C) groups is 3. The van der Waals surface area contributed by atoms with Gasteiger partial charge in [-0.3, -0.25) is 10.1 Å². The van der Waals surface area contributed by atoms with Crippen molar-refractivity contribution < 1.29 is 9.59 Å². The van der Waals surface area contributed by atoms with Crippen LogP contribution in [0.25, 0.3) is 0 Å². The highest BCUT2D eigenvalue weighted by Crippen LogP contribution is 2.04. The number of nitrogens with one attached hydrogen (secondary N) is 1. The van der Waals surface area contributed by atoms with Gasteiger partial charge in [0.25, 0.3) is 5.91 Å². The SMILES string of the molecule is CC1=NC2=NC(=O)NC(=O)C2=N1. The number of imide groups is 1. The van der Waals surface area contributed by atoms with E-state index in [0.29, 0.717) is 5.84 Å². The number of nitrogens with zero attached hydrogens (tertiary/aromatic N) is 3. The summed E-state index contributed by atoms with van der Waals surface area (Å²) in [5.41, 5.74) is 0.118. The molecule has 2 rings (SSSR count). The van der Waals surface area contributed by atoms with Crippen LogP contribution >= 0.6 is 0 Å². The number of carbonyl (C=O) groups excluding carboxylic acids is 2. The zero-order valence-corrected chi connectivity index (χ0v) is 6.16. The van der Waals surface area contributed by atoms with E-state index < -0.39 is 11.9 Å². The molecule has 6 heteroatoms. The molecule has 2 aliphatic rings. The Hall–Kier alpha value is -1.85. The van der Waals surface area contributed by atoms with E-state index in [9.17, 15) is 9.59 Å². The predicted molar refractivity (Wildman–Crippen MR) is 41.5 cm³/mol. The van der Waals surface area contributed by atoms with Crippen molar-refractivity contribution in [3.05, 3.63) is 0 Å². The van der Waals surface area contributed by atoms with E-state index in [4.69, 9.17) is 0 Å².